The number of fused-ring (bicyclic) bond motifs is 1. The number of nitrogens with one attached hydrogen (secondary N) is 1. The van der Waals surface area contributed by atoms with Gasteiger partial charge in [0.2, 0.25) is 5.91 Å². The molecule has 1 saturated heterocycles. The average molecular weight is 210 g/mol. The second-order valence-electron chi connectivity index (χ2n) is 5.22. The fraction of sp³-hybridized carbons (Fsp3) is 0.917. The average Bonchev–Trinajstić information content (AvgIpc) is 2.76. The Morgan fingerprint density at radius 3 is 2.93 bits per heavy atom. The maximum Gasteiger partial charge on any atom is 0.238 e. The lowest BCUT2D eigenvalue weighted by Crippen LogP contribution is -2.59. The van der Waals surface area contributed by atoms with E-state index in [4.69, 9.17) is 5.73 Å². The Balaban J connectivity index is 2.30. The van der Waals surface area contributed by atoms with Crippen LogP contribution in [0.2, 0.25) is 0 Å². The zero-order chi connectivity index (χ0) is 11.1. The number of rotatable bonds is 3. The first kappa shape index (κ1) is 10.9. The van der Waals surface area contributed by atoms with Gasteiger partial charge in [-0.15, -0.1) is 0 Å². The van der Waals surface area contributed by atoms with Crippen molar-refractivity contribution in [1.29, 1.82) is 0 Å². The molecule has 3 N–H and O–H groups in total. The number of nitrogens with two attached hydrogens (primary N) is 1. The van der Waals surface area contributed by atoms with Gasteiger partial charge in [-0.25, -0.2) is 0 Å². The first-order valence-electron chi connectivity index (χ1n) is 6.17. The molecule has 0 aromatic carbocycles. The van der Waals surface area contributed by atoms with Crippen LogP contribution >= 0.6 is 0 Å². The standard InChI is InChI=1S/C12H22N2O/c1-3-8(2)12(11(13)15)10-6-4-5-9(10)7-14-12/h8-10,14H,3-7H2,1-2H3,(H2,13,15). The molecule has 3 heteroatoms. The predicted molar refractivity (Wildman–Crippen MR) is 60.2 cm³/mol. The second-order valence-corrected chi connectivity index (χ2v) is 5.22. The highest BCUT2D eigenvalue weighted by Crippen LogP contribution is 2.47. The van der Waals surface area contributed by atoms with Crippen LogP contribution in [0.4, 0.5) is 0 Å². The number of hydrogen-bond acceptors (Lipinski definition) is 2. The van der Waals surface area contributed by atoms with E-state index in [2.05, 4.69) is 19.2 Å². The van der Waals surface area contributed by atoms with Gasteiger partial charge in [-0.2, -0.15) is 0 Å². The first-order chi connectivity index (χ1) is 7.13. The molecule has 2 rings (SSSR count). The van der Waals surface area contributed by atoms with Crippen LogP contribution in [0.15, 0.2) is 0 Å². The summed E-state index contributed by atoms with van der Waals surface area (Å²) in [6.07, 6.45) is 4.72. The lowest BCUT2D eigenvalue weighted by molar-refractivity contribution is -0.128. The Kier molecular flexibility index (Phi) is 2.75. The largest absolute Gasteiger partial charge is 0.368 e. The van der Waals surface area contributed by atoms with Gasteiger partial charge in [0.05, 0.1) is 0 Å². The van der Waals surface area contributed by atoms with Crippen molar-refractivity contribution in [2.75, 3.05) is 6.54 Å². The van der Waals surface area contributed by atoms with Gasteiger partial charge >= 0.3 is 0 Å². The molecule has 3 nitrogen and oxygen atoms in total. The predicted octanol–water partition coefficient (Wildman–Crippen LogP) is 1.28. The molecule has 0 radical (unpaired) electrons. The van der Waals surface area contributed by atoms with Crippen molar-refractivity contribution in [2.45, 2.75) is 45.1 Å². The maximum atomic E-state index is 11.8. The summed E-state index contributed by atoms with van der Waals surface area (Å²) in [5, 5.41) is 3.45. The zero-order valence-electron chi connectivity index (χ0n) is 9.75. The molecule has 4 atom stereocenters. The Bertz CT molecular complexity index is 266. The van der Waals surface area contributed by atoms with Crippen LogP contribution in [0.25, 0.3) is 0 Å². The molecule has 0 spiro atoms. The van der Waals surface area contributed by atoms with Crippen LogP contribution < -0.4 is 11.1 Å². The van der Waals surface area contributed by atoms with Crippen molar-refractivity contribution in [3.05, 3.63) is 0 Å². The van der Waals surface area contributed by atoms with Gasteiger partial charge in [-0.1, -0.05) is 26.7 Å². The SMILES string of the molecule is CCC(C)C1(C(N)=O)NCC2CCCC21. The third-order valence-electron chi connectivity index (χ3n) is 4.70. The Morgan fingerprint density at radius 1 is 1.60 bits per heavy atom. The van der Waals surface area contributed by atoms with Crippen LogP contribution in [-0.2, 0) is 4.79 Å². The third kappa shape index (κ3) is 1.40. The highest BCUT2D eigenvalue weighted by atomic mass is 16.1. The van der Waals surface area contributed by atoms with Gasteiger partial charge in [0.25, 0.3) is 0 Å². The molecule has 1 heterocycles. The summed E-state index contributed by atoms with van der Waals surface area (Å²) in [5.41, 5.74) is 5.26. The van der Waals surface area contributed by atoms with E-state index in [1.54, 1.807) is 0 Å². The van der Waals surface area contributed by atoms with E-state index in [1.165, 1.54) is 19.3 Å². The molecule has 1 aliphatic heterocycles. The fourth-order valence-electron chi connectivity index (χ4n) is 3.69. The smallest absolute Gasteiger partial charge is 0.238 e. The number of primary amides is 1. The van der Waals surface area contributed by atoms with E-state index >= 15 is 0 Å². The quantitative estimate of drug-likeness (QED) is 0.737. The Morgan fingerprint density at radius 2 is 2.33 bits per heavy atom. The molecule has 1 amide bonds. The summed E-state index contributed by atoms with van der Waals surface area (Å²) < 4.78 is 0. The van der Waals surface area contributed by atoms with E-state index in [-0.39, 0.29) is 5.91 Å². The van der Waals surface area contributed by atoms with Gasteiger partial charge in [0.15, 0.2) is 0 Å². The first-order valence-corrected chi connectivity index (χ1v) is 6.17. The normalized spacial score (nSPS) is 41.5. The summed E-state index contributed by atoms with van der Waals surface area (Å²) in [6.45, 7) is 5.27. The molecule has 86 valence electrons. The summed E-state index contributed by atoms with van der Waals surface area (Å²) in [4.78, 5) is 11.8. The minimum absolute atomic E-state index is 0.133. The van der Waals surface area contributed by atoms with E-state index in [0.717, 1.165) is 13.0 Å². The highest BCUT2D eigenvalue weighted by Gasteiger charge is 2.55. The van der Waals surface area contributed by atoms with Crippen molar-refractivity contribution >= 4 is 5.91 Å². The molecule has 2 fully saturated rings. The summed E-state index contributed by atoms with van der Waals surface area (Å²) in [5.74, 6) is 1.39. The van der Waals surface area contributed by atoms with Crippen LogP contribution in [0.1, 0.15) is 39.5 Å². The molecule has 4 unspecified atom stereocenters. The van der Waals surface area contributed by atoms with E-state index in [9.17, 15) is 4.79 Å². The summed E-state index contributed by atoms with van der Waals surface area (Å²) >= 11 is 0. The van der Waals surface area contributed by atoms with Gasteiger partial charge in [0, 0.05) is 0 Å². The van der Waals surface area contributed by atoms with E-state index < -0.39 is 5.54 Å². The molecule has 15 heavy (non-hydrogen) atoms. The third-order valence-corrected chi connectivity index (χ3v) is 4.70. The topological polar surface area (TPSA) is 55.1 Å². The maximum absolute atomic E-state index is 11.8. The fourth-order valence-corrected chi connectivity index (χ4v) is 3.69. The Hall–Kier alpha value is -0.570. The Labute approximate surface area is 91.8 Å². The lowest BCUT2D eigenvalue weighted by atomic mass is 9.72. The van der Waals surface area contributed by atoms with Crippen LogP contribution in [0.3, 0.4) is 0 Å². The van der Waals surface area contributed by atoms with Gasteiger partial charge in [-0.3, -0.25) is 4.79 Å². The van der Waals surface area contributed by atoms with Crippen molar-refractivity contribution in [1.82, 2.24) is 5.32 Å². The molecule has 0 aromatic rings. The minimum Gasteiger partial charge on any atom is -0.368 e. The highest BCUT2D eigenvalue weighted by molar-refractivity contribution is 5.86. The van der Waals surface area contributed by atoms with Gasteiger partial charge < -0.3 is 11.1 Å². The molecular weight excluding hydrogens is 188 g/mol. The van der Waals surface area contributed by atoms with Crippen molar-refractivity contribution in [3.8, 4) is 0 Å². The van der Waals surface area contributed by atoms with E-state index in [0.29, 0.717) is 17.8 Å². The van der Waals surface area contributed by atoms with Crippen LogP contribution in [0, 0.1) is 17.8 Å². The van der Waals surface area contributed by atoms with Crippen LogP contribution in [-0.4, -0.2) is 18.0 Å². The van der Waals surface area contributed by atoms with Crippen molar-refractivity contribution < 1.29 is 4.79 Å². The summed E-state index contributed by atoms with van der Waals surface area (Å²) in [6, 6.07) is 0. The van der Waals surface area contributed by atoms with Gasteiger partial charge in [-0.05, 0) is 37.1 Å². The monoisotopic (exact) mass is 210 g/mol. The number of carbonyl (C=O) groups is 1. The second kappa shape index (κ2) is 3.78. The molecule has 2 aliphatic rings. The number of carbonyl (C=O) groups excluding carboxylic acids is 1. The van der Waals surface area contributed by atoms with Crippen LogP contribution in [0.5, 0.6) is 0 Å². The number of hydrogen-bond donors (Lipinski definition) is 2. The van der Waals surface area contributed by atoms with Gasteiger partial charge in [0.1, 0.15) is 5.54 Å². The zero-order valence-corrected chi connectivity index (χ0v) is 9.75. The minimum atomic E-state index is -0.407. The number of amides is 1. The summed E-state index contributed by atoms with van der Waals surface area (Å²) in [7, 11) is 0. The molecule has 0 aromatic heterocycles. The molecule has 1 saturated carbocycles. The molecule has 0 bridgehead atoms. The van der Waals surface area contributed by atoms with Crippen molar-refractivity contribution in [3.63, 3.8) is 0 Å². The lowest BCUT2D eigenvalue weighted by Gasteiger charge is -2.37. The van der Waals surface area contributed by atoms with Crippen molar-refractivity contribution in [2.24, 2.45) is 23.5 Å². The molecular formula is C12H22N2O. The molecule has 1 aliphatic carbocycles. The van der Waals surface area contributed by atoms with E-state index in [1.807, 2.05) is 0 Å².